The van der Waals surface area contributed by atoms with Gasteiger partial charge in [-0.15, -0.1) is 0 Å². The summed E-state index contributed by atoms with van der Waals surface area (Å²) in [4.78, 5) is 15.1. The van der Waals surface area contributed by atoms with Crippen molar-refractivity contribution in [3.8, 4) is 0 Å². The van der Waals surface area contributed by atoms with Gasteiger partial charge in [-0.05, 0) is 26.8 Å². The summed E-state index contributed by atoms with van der Waals surface area (Å²) in [5.74, 6) is 0. The second-order valence-corrected chi connectivity index (χ2v) is 4.11. The first-order chi connectivity index (χ1) is 6.97. The Labute approximate surface area is 89.2 Å². The summed E-state index contributed by atoms with van der Waals surface area (Å²) < 4.78 is 9.88. The third-order valence-corrected chi connectivity index (χ3v) is 1.47. The Morgan fingerprint density at radius 2 is 2.20 bits per heavy atom. The monoisotopic (exact) mass is 209 g/mol. The highest BCUT2D eigenvalue weighted by molar-refractivity contribution is 5.60. The summed E-state index contributed by atoms with van der Waals surface area (Å²) in [5.41, 5.74) is 0.315. The smallest absolute Gasteiger partial charge is 0.429 e. The maximum Gasteiger partial charge on any atom is 0.509 e. The number of hydrogen-bond donors (Lipinski definition) is 0. The molecule has 0 fully saturated rings. The van der Waals surface area contributed by atoms with Crippen molar-refractivity contribution in [1.29, 1.82) is 0 Å². The van der Waals surface area contributed by atoms with Gasteiger partial charge in [-0.1, -0.05) is 6.07 Å². The first kappa shape index (κ1) is 11.5. The Bertz CT molecular complexity index is 316. The van der Waals surface area contributed by atoms with Crippen LogP contribution in [-0.2, 0) is 16.1 Å². The summed E-state index contributed by atoms with van der Waals surface area (Å²) in [6.07, 6.45) is 2.65. The zero-order valence-electron chi connectivity index (χ0n) is 9.19. The average molecular weight is 209 g/mol. The van der Waals surface area contributed by atoms with Gasteiger partial charge in [0.1, 0.15) is 12.2 Å². The molecule has 15 heavy (non-hydrogen) atoms. The zero-order chi connectivity index (χ0) is 11.3. The van der Waals surface area contributed by atoms with Gasteiger partial charge >= 0.3 is 6.16 Å². The van der Waals surface area contributed by atoms with Crippen LogP contribution in [0.4, 0.5) is 4.79 Å². The number of hydrogen-bond acceptors (Lipinski definition) is 4. The standard InChI is InChI=1S/C11H15NO3/c1-11(2,3)15-10(13)14-8-9-5-4-6-12-7-9/h4-7H,8H2,1-3H3. The van der Waals surface area contributed by atoms with E-state index in [0.29, 0.717) is 0 Å². The number of pyridine rings is 1. The lowest BCUT2D eigenvalue weighted by molar-refractivity contribution is -0.0108. The van der Waals surface area contributed by atoms with E-state index in [-0.39, 0.29) is 6.61 Å². The second kappa shape index (κ2) is 4.77. The molecular formula is C11H15NO3. The van der Waals surface area contributed by atoms with Crippen LogP contribution in [0.2, 0.25) is 0 Å². The van der Waals surface area contributed by atoms with Gasteiger partial charge in [0.15, 0.2) is 0 Å². The maximum atomic E-state index is 11.2. The molecule has 0 aliphatic rings. The molecule has 4 nitrogen and oxygen atoms in total. The predicted octanol–water partition coefficient (Wildman–Crippen LogP) is 2.53. The van der Waals surface area contributed by atoms with Crippen molar-refractivity contribution < 1.29 is 14.3 Å². The van der Waals surface area contributed by atoms with Crippen LogP contribution >= 0.6 is 0 Å². The number of nitrogens with zero attached hydrogens (tertiary/aromatic N) is 1. The summed E-state index contributed by atoms with van der Waals surface area (Å²) in [6, 6.07) is 3.62. The fourth-order valence-corrected chi connectivity index (χ4v) is 0.905. The van der Waals surface area contributed by atoms with Crippen molar-refractivity contribution >= 4 is 6.16 Å². The normalized spacial score (nSPS) is 10.9. The Morgan fingerprint density at radius 3 is 2.73 bits per heavy atom. The molecule has 0 saturated carbocycles. The third-order valence-electron chi connectivity index (χ3n) is 1.47. The Kier molecular flexibility index (Phi) is 3.66. The fraction of sp³-hybridized carbons (Fsp3) is 0.455. The van der Waals surface area contributed by atoms with Crippen LogP contribution in [0.15, 0.2) is 24.5 Å². The van der Waals surface area contributed by atoms with Crippen molar-refractivity contribution in [1.82, 2.24) is 4.98 Å². The SMILES string of the molecule is CC(C)(C)OC(=O)OCc1cccnc1. The number of carbonyl (C=O) groups is 1. The minimum Gasteiger partial charge on any atom is -0.429 e. The van der Waals surface area contributed by atoms with Crippen molar-refractivity contribution in [2.75, 3.05) is 0 Å². The molecule has 0 saturated heterocycles. The van der Waals surface area contributed by atoms with E-state index in [4.69, 9.17) is 9.47 Å². The van der Waals surface area contributed by atoms with Gasteiger partial charge in [0.2, 0.25) is 0 Å². The molecule has 0 radical (unpaired) electrons. The van der Waals surface area contributed by atoms with Gasteiger partial charge < -0.3 is 9.47 Å². The van der Waals surface area contributed by atoms with E-state index in [9.17, 15) is 4.79 Å². The second-order valence-electron chi connectivity index (χ2n) is 4.11. The number of aromatic nitrogens is 1. The van der Waals surface area contributed by atoms with Gasteiger partial charge in [0, 0.05) is 18.0 Å². The molecule has 1 heterocycles. The van der Waals surface area contributed by atoms with E-state index in [1.165, 1.54) is 0 Å². The molecule has 0 aromatic carbocycles. The quantitative estimate of drug-likeness (QED) is 0.702. The van der Waals surface area contributed by atoms with Crippen molar-refractivity contribution in [2.24, 2.45) is 0 Å². The fourth-order valence-electron chi connectivity index (χ4n) is 0.905. The number of ether oxygens (including phenoxy) is 2. The third kappa shape index (κ3) is 5.00. The van der Waals surface area contributed by atoms with Crippen LogP contribution in [0, 0.1) is 0 Å². The minimum atomic E-state index is -0.661. The Hall–Kier alpha value is -1.58. The van der Waals surface area contributed by atoms with E-state index < -0.39 is 11.8 Å². The molecule has 4 heteroatoms. The topological polar surface area (TPSA) is 48.4 Å². The highest BCUT2D eigenvalue weighted by Crippen LogP contribution is 2.09. The van der Waals surface area contributed by atoms with Crippen molar-refractivity contribution in [2.45, 2.75) is 33.0 Å². The highest BCUT2D eigenvalue weighted by atomic mass is 16.7. The molecule has 1 aromatic heterocycles. The summed E-state index contributed by atoms with van der Waals surface area (Å²) in [5, 5.41) is 0. The lowest BCUT2D eigenvalue weighted by atomic mass is 10.2. The molecule has 0 N–H and O–H groups in total. The Morgan fingerprint density at radius 1 is 1.47 bits per heavy atom. The molecule has 0 aliphatic heterocycles. The molecule has 0 bridgehead atoms. The average Bonchev–Trinajstić information content (AvgIpc) is 2.14. The van der Waals surface area contributed by atoms with E-state index in [2.05, 4.69) is 4.98 Å². The van der Waals surface area contributed by atoms with E-state index in [1.54, 1.807) is 39.2 Å². The van der Waals surface area contributed by atoms with Crippen molar-refractivity contribution in [3.05, 3.63) is 30.1 Å². The van der Waals surface area contributed by atoms with Crippen LogP contribution in [-0.4, -0.2) is 16.7 Å². The molecule has 1 aromatic rings. The van der Waals surface area contributed by atoms with E-state index in [1.807, 2.05) is 6.07 Å². The highest BCUT2D eigenvalue weighted by Gasteiger charge is 2.17. The first-order valence-corrected chi connectivity index (χ1v) is 4.72. The maximum absolute atomic E-state index is 11.2. The first-order valence-electron chi connectivity index (χ1n) is 4.72. The van der Waals surface area contributed by atoms with Gasteiger partial charge in [-0.2, -0.15) is 0 Å². The van der Waals surface area contributed by atoms with Gasteiger partial charge in [0.25, 0.3) is 0 Å². The molecule has 82 valence electrons. The molecule has 0 spiro atoms. The largest absolute Gasteiger partial charge is 0.509 e. The van der Waals surface area contributed by atoms with Gasteiger partial charge in [-0.3, -0.25) is 4.98 Å². The van der Waals surface area contributed by atoms with Crippen LogP contribution in [0.5, 0.6) is 0 Å². The molecule has 0 aliphatic carbocycles. The number of rotatable bonds is 2. The lowest BCUT2D eigenvalue weighted by Gasteiger charge is -2.18. The van der Waals surface area contributed by atoms with Crippen LogP contribution in [0.25, 0.3) is 0 Å². The van der Waals surface area contributed by atoms with Crippen LogP contribution in [0.1, 0.15) is 26.3 Å². The molecule has 0 atom stereocenters. The summed E-state index contributed by atoms with van der Waals surface area (Å²) in [6.45, 7) is 5.55. The van der Waals surface area contributed by atoms with Crippen LogP contribution in [0.3, 0.4) is 0 Å². The van der Waals surface area contributed by atoms with Gasteiger partial charge in [-0.25, -0.2) is 4.79 Å². The predicted molar refractivity (Wildman–Crippen MR) is 55.3 cm³/mol. The molecule has 0 unspecified atom stereocenters. The molecule has 0 amide bonds. The lowest BCUT2D eigenvalue weighted by Crippen LogP contribution is -2.24. The summed E-state index contributed by atoms with van der Waals surface area (Å²) in [7, 11) is 0. The molecular weight excluding hydrogens is 194 g/mol. The zero-order valence-corrected chi connectivity index (χ0v) is 9.19. The van der Waals surface area contributed by atoms with Crippen molar-refractivity contribution in [3.63, 3.8) is 0 Å². The van der Waals surface area contributed by atoms with E-state index >= 15 is 0 Å². The number of carbonyl (C=O) groups excluding carboxylic acids is 1. The van der Waals surface area contributed by atoms with E-state index in [0.717, 1.165) is 5.56 Å². The summed E-state index contributed by atoms with van der Waals surface area (Å²) >= 11 is 0. The Balaban J connectivity index is 2.35. The molecule has 1 rings (SSSR count). The van der Waals surface area contributed by atoms with Gasteiger partial charge in [0.05, 0.1) is 0 Å². The van der Waals surface area contributed by atoms with Crippen LogP contribution < -0.4 is 0 Å². The minimum absolute atomic E-state index is 0.183.